The van der Waals surface area contributed by atoms with Crippen LogP contribution in [0, 0.1) is 0 Å². The number of rotatable bonds is 7. The van der Waals surface area contributed by atoms with Crippen molar-refractivity contribution in [3.8, 4) is 5.75 Å². The predicted octanol–water partition coefficient (Wildman–Crippen LogP) is 2.56. The molecule has 1 heterocycles. The van der Waals surface area contributed by atoms with Gasteiger partial charge in [-0.05, 0) is 50.2 Å². The van der Waals surface area contributed by atoms with Crippen LogP contribution < -0.4 is 26.4 Å². The Morgan fingerprint density at radius 1 is 1.10 bits per heavy atom. The van der Waals surface area contributed by atoms with Crippen LogP contribution in [0.2, 0.25) is 0 Å². The Morgan fingerprint density at radius 2 is 1.87 bits per heavy atom. The minimum absolute atomic E-state index is 0.286. The summed E-state index contributed by atoms with van der Waals surface area (Å²) in [5.41, 5.74) is 8.27. The second-order valence-corrected chi connectivity index (χ2v) is 6.73. The zero-order valence-corrected chi connectivity index (χ0v) is 17.1. The Balaban J connectivity index is 1.70. The normalized spacial score (nSPS) is 12.6. The number of methoxy groups -OCH3 is 1. The van der Waals surface area contributed by atoms with E-state index in [2.05, 4.69) is 16.0 Å². The molecule has 0 aliphatic carbocycles. The van der Waals surface area contributed by atoms with E-state index in [0.29, 0.717) is 42.3 Å². The maximum atomic E-state index is 12.5. The van der Waals surface area contributed by atoms with E-state index in [-0.39, 0.29) is 5.91 Å². The summed E-state index contributed by atoms with van der Waals surface area (Å²) in [5.74, 6) is 0.810. The molecule has 2 aromatic rings. The monoisotopic (exact) mass is 408 g/mol. The van der Waals surface area contributed by atoms with E-state index >= 15 is 0 Å². The van der Waals surface area contributed by atoms with Crippen LogP contribution in [-0.4, -0.2) is 42.5 Å². The van der Waals surface area contributed by atoms with E-state index in [1.165, 1.54) is 7.11 Å². The third-order valence-corrected chi connectivity index (χ3v) is 4.56. The van der Waals surface area contributed by atoms with Gasteiger partial charge in [0.15, 0.2) is 0 Å². The Hall–Kier alpha value is -3.65. The molecule has 3 amide bonds. The first-order chi connectivity index (χ1) is 14.5. The number of urea groups is 1. The number of anilines is 1. The molecule has 8 heteroatoms. The largest absolute Gasteiger partial charge is 0.496 e. The molecule has 0 spiro atoms. The quantitative estimate of drug-likeness (QED) is 0.417. The maximum absolute atomic E-state index is 12.5. The van der Waals surface area contributed by atoms with Gasteiger partial charge in [0, 0.05) is 12.2 Å². The van der Waals surface area contributed by atoms with E-state index in [4.69, 9.17) is 10.5 Å². The first-order valence-corrected chi connectivity index (χ1v) is 9.68. The molecule has 8 nitrogen and oxygen atoms in total. The summed E-state index contributed by atoms with van der Waals surface area (Å²) in [6.45, 7) is 2.93. The van der Waals surface area contributed by atoms with Gasteiger partial charge in [-0.15, -0.1) is 0 Å². The summed E-state index contributed by atoms with van der Waals surface area (Å²) in [4.78, 5) is 24.9. The molecule has 0 atom stereocenters. The lowest BCUT2D eigenvalue weighted by molar-refractivity contribution is -0.397. The standard InChI is InChI=1S/C22H25N5O3/c1-15-13-20(27(15)17-7-4-3-5-8-17)26-22(29)25-16-9-10-19(30-2)18(14-16)21(28)24-12-6-11-23/h3-5,7-10,13-14H,6,11-12,23H2,1-2H3,(H2,24,25,28,29)/p+1. The molecular weight excluding hydrogens is 382 g/mol. The summed E-state index contributed by atoms with van der Waals surface area (Å²) in [7, 11) is 1.49. The van der Waals surface area contributed by atoms with Crippen molar-refractivity contribution in [3.05, 3.63) is 65.9 Å². The van der Waals surface area contributed by atoms with Gasteiger partial charge in [-0.3, -0.25) is 10.1 Å². The Morgan fingerprint density at radius 3 is 2.53 bits per heavy atom. The van der Waals surface area contributed by atoms with Gasteiger partial charge in [-0.2, -0.15) is 9.89 Å². The topological polar surface area (TPSA) is 108 Å². The highest BCUT2D eigenvalue weighted by atomic mass is 16.5. The van der Waals surface area contributed by atoms with Gasteiger partial charge in [0.2, 0.25) is 0 Å². The van der Waals surface area contributed by atoms with E-state index in [0.717, 1.165) is 11.4 Å². The fourth-order valence-corrected chi connectivity index (χ4v) is 3.10. The summed E-state index contributed by atoms with van der Waals surface area (Å²) < 4.78 is 7.21. The second kappa shape index (κ2) is 9.71. The predicted molar refractivity (Wildman–Crippen MR) is 116 cm³/mol. The molecule has 1 aliphatic heterocycles. The van der Waals surface area contributed by atoms with Crippen LogP contribution in [0.4, 0.5) is 16.2 Å². The van der Waals surface area contributed by atoms with Crippen LogP contribution in [0.25, 0.3) is 0 Å². The van der Waals surface area contributed by atoms with Gasteiger partial charge >= 0.3 is 6.03 Å². The zero-order valence-electron chi connectivity index (χ0n) is 17.1. The first kappa shape index (κ1) is 21.1. The molecule has 0 aromatic heterocycles. The average molecular weight is 408 g/mol. The number of para-hydroxylation sites is 1. The fourth-order valence-electron chi connectivity index (χ4n) is 3.10. The molecule has 0 bridgehead atoms. The summed E-state index contributed by atoms with van der Waals surface area (Å²) in [6.07, 6.45) is 2.56. The number of amides is 3. The van der Waals surface area contributed by atoms with Crippen molar-refractivity contribution < 1.29 is 18.9 Å². The minimum atomic E-state index is -0.408. The molecule has 0 saturated heterocycles. The first-order valence-electron chi connectivity index (χ1n) is 9.68. The number of carbonyl (C=O) groups excluding carboxylic acids is 2. The number of hydrogen-bond donors (Lipinski definition) is 4. The number of allylic oxidation sites excluding steroid dienone is 1. The van der Waals surface area contributed by atoms with Gasteiger partial charge in [0.1, 0.15) is 17.1 Å². The van der Waals surface area contributed by atoms with E-state index < -0.39 is 6.03 Å². The number of carbonyl (C=O) groups is 2. The number of benzene rings is 2. The number of ether oxygens (including phenoxy) is 1. The lowest BCUT2D eigenvalue weighted by Crippen LogP contribution is -2.42. The third kappa shape index (κ3) is 4.84. The van der Waals surface area contributed by atoms with Crippen LogP contribution in [0.5, 0.6) is 5.75 Å². The molecule has 156 valence electrons. The number of hydrogen-bond acceptors (Lipinski definition) is 4. The molecule has 2 aromatic carbocycles. The van der Waals surface area contributed by atoms with E-state index in [1.807, 2.05) is 47.9 Å². The third-order valence-electron chi connectivity index (χ3n) is 4.56. The Kier molecular flexibility index (Phi) is 6.82. The highest BCUT2D eigenvalue weighted by Crippen LogP contribution is 2.23. The fraction of sp³-hybridized carbons (Fsp3) is 0.227. The number of nitrogens with zero attached hydrogens (tertiary/aromatic N) is 1. The lowest BCUT2D eigenvalue weighted by Gasteiger charge is -2.17. The van der Waals surface area contributed by atoms with Crippen molar-refractivity contribution >= 4 is 29.1 Å². The Bertz CT molecular complexity index is 999. The van der Waals surface area contributed by atoms with Crippen LogP contribution in [0.1, 0.15) is 23.7 Å². The molecular formula is C22H26N5O3+. The van der Waals surface area contributed by atoms with Crippen molar-refractivity contribution in [1.29, 1.82) is 0 Å². The van der Waals surface area contributed by atoms with Gasteiger partial charge in [-0.25, -0.2) is 4.79 Å². The maximum Gasteiger partial charge on any atom is 0.411 e. The van der Waals surface area contributed by atoms with Crippen LogP contribution >= 0.6 is 0 Å². The Labute approximate surface area is 175 Å². The van der Waals surface area contributed by atoms with Gasteiger partial charge < -0.3 is 15.8 Å². The smallest absolute Gasteiger partial charge is 0.411 e. The molecule has 0 unspecified atom stereocenters. The minimum Gasteiger partial charge on any atom is -0.496 e. The number of nitrogens with two attached hydrogens (primary N) is 1. The number of nitrogens with one attached hydrogen (secondary N) is 3. The van der Waals surface area contributed by atoms with Crippen molar-refractivity contribution in [3.63, 3.8) is 0 Å². The molecule has 5 N–H and O–H groups in total. The summed E-state index contributed by atoms with van der Waals surface area (Å²) in [5, 5.41) is 8.38. The van der Waals surface area contributed by atoms with Crippen molar-refractivity contribution in [2.75, 3.05) is 25.5 Å². The molecule has 1 aliphatic rings. The van der Waals surface area contributed by atoms with Gasteiger partial charge in [0.25, 0.3) is 11.7 Å². The van der Waals surface area contributed by atoms with Crippen LogP contribution in [-0.2, 0) is 0 Å². The van der Waals surface area contributed by atoms with E-state index in [1.54, 1.807) is 18.2 Å². The highest BCUT2D eigenvalue weighted by Gasteiger charge is 2.27. The van der Waals surface area contributed by atoms with Gasteiger partial charge in [0.05, 0.1) is 18.7 Å². The molecule has 0 saturated carbocycles. The summed E-state index contributed by atoms with van der Waals surface area (Å²) in [6, 6.07) is 14.2. The zero-order chi connectivity index (χ0) is 21.5. The average Bonchev–Trinajstić information content (AvgIpc) is 2.74. The molecule has 30 heavy (non-hydrogen) atoms. The van der Waals surface area contributed by atoms with Crippen LogP contribution in [0.3, 0.4) is 0 Å². The summed E-state index contributed by atoms with van der Waals surface area (Å²) >= 11 is 0. The molecule has 0 fully saturated rings. The second-order valence-electron chi connectivity index (χ2n) is 6.73. The van der Waals surface area contributed by atoms with Crippen molar-refractivity contribution in [2.24, 2.45) is 5.73 Å². The van der Waals surface area contributed by atoms with E-state index in [9.17, 15) is 9.59 Å². The van der Waals surface area contributed by atoms with Crippen molar-refractivity contribution in [1.82, 2.24) is 10.6 Å². The van der Waals surface area contributed by atoms with Gasteiger partial charge in [-0.1, -0.05) is 18.2 Å². The molecule has 3 rings (SSSR count). The van der Waals surface area contributed by atoms with Crippen molar-refractivity contribution in [2.45, 2.75) is 13.3 Å². The SMILES string of the molecule is COc1ccc(NC(=O)NC2=[N+](c3ccccc3)C(C)=C2)cc1C(=O)NCCCN. The highest BCUT2D eigenvalue weighted by molar-refractivity contribution is 6.08. The van der Waals surface area contributed by atoms with Crippen LogP contribution in [0.15, 0.2) is 60.3 Å². The lowest BCUT2D eigenvalue weighted by atomic mass is 10.1. The number of amidine groups is 1. The molecule has 0 radical (unpaired) electrons.